The van der Waals surface area contributed by atoms with Gasteiger partial charge in [0.25, 0.3) is 0 Å². The highest BCUT2D eigenvalue weighted by Crippen LogP contribution is 2.30. The van der Waals surface area contributed by atoms with Crippen LogP contribution in [0.2, 0.25) is 0 Å². The zero-order valence-electron chi connectivity index (χ0n) is 13.8. The second-order valence-electron chi connectivity index (χ2n) is 5.27. The van der Waals surface area contributed by atoms with Crippen LogP contribution in [0.1, 0.15) is 34.4 Å². The van der Waals surface area contributed by atoms with E-state index >= 15 is 0 Å². The predicted molar refractivity (Wildman–Crippen MR) is 88.8 cm³/mol. The van der Waals surface area contributed by atoms with Crippen LogP contribution in [-0.4, -0.2) is 27.5 Å². The van der Waals surface area contributed by atoms with Gasteiger partial charge in [0.05, 0.1) is 12.0 Å². The van der Waals surface area contributed by atoms with E-state index in [0.29, 0.717) is 40.6 Å². The zero-order valence-corrected chi connectivity index (χ0v) is 13.8. The van der Waals surface area contributed by atoms with Crippen molar-refractivity contribution in [3.8, 4) is 0 Å². The molecule has 0 unspecified atom stereocenters. The molecule has 7 nitrogen and oxygen atoms in total. The van der Waals surface area contributed by atoms with Crippen molar-refractivity contribution in [3.63, 3.8) is 0 Å². The molecule has 3 aromatic heterocycles. The van der Waals surface area contributed by atoms with Gasteiger partial charge in [-0.05, 0) is 32.4 Å². The van der Waals surface area contributed by atoms with E-state index < -0.39 is 5.97 Å². The van der Waals surface area contributed by atoms with Gasteiger partial charge in [-0.1, -0.05) is 6.07 Å². The summed E-state index contributed by atoms with van der Waals surface area (Å²) in [7, 11) is 0. The quantitative estimate of drug-likeness (QED) is 0.721. The number of pyridine rings is 1. The van der Waals surface area contributed by atoms with Crippen molar-refractivity contribution in [2.24, 2.45) is 0 Å². The van der Waals surface area contributed by atoms with Crippen LogP contribution in [-0.2, 0) is 11.3 Å². The van der Waals surface area contributed by atoms with E-state index in [0.717, 1.165) is 5.56 Å². The fourth-order valence-electron chi connectivity index (χ4n) is 2.48. The molecular weight excluding hydrogens is 308 g/mol. The third-order valence-corrected chi connectivity index (χ3v) is 3.50. The first-order chi connectivity index (χ1) is 11.6. The number of rotatable bonds is 5. The lowest BCUT2D eigenvalue weighted by atomic mass is 10.1. The van der Waals surface area contributed by atoms with E-state index in [4.69, 9.17) is 9.15 Å². The number of carbonyl (C=O) groups is 1. The van der Waals surface area contributed by atoms with Gasteiger partial charge in [0.1, 0.15) is 23.0 Å². The number of hydrogen-bond acceptors (Lipinski definition) is 7. The molecule has 7 heteroatoms. The number of hydrogen-bond donors (Lipinski definition) is 1. The van der Waals surface area contributed by atoms with Gasteiger partial charge in [0.2, 0.25) is 5.71 Å². The van der Waals surface area contributed by atoms with Gasteiger partial charge < -0.3 is 14.5 Å². The van der Waals surface area contributed by atoms with E-state index in [2.05, 4.69) is 20.3 Å². The first kappa shape index (κ1) is 15.9. The van der Waals surface area contributed by atoms with Crippen LogP contribution in [0.4, 0.5) is 5.82 Å². The Morgan fingerprint density at radius 1 is 1.33 bits per heavy atom. The molecule has 0 amide bonds. The lowest BCUT2D eigenvalue weighted by Gasteiger charge is -2.08. The van der Waals surface area contributed by atoms with Crippen LogP contribution in [0.5, 0.6) is 0 Å². The molecule has 3 rings (SSSR count). The first-order valence-corrected chi connectivity index (χ1v) is 7.67. The molecule has 0 saturated heterocycles. The predicted octanol–water partition coefficient (Wildman–Crippen LogP) is 3.02. The van der Waals surface area contributed by atoms with Crippen molar-refractivity contribution in [3.05, 3.63) is 47.2 Å². The SMILES string of the molecule is CCOC(=O)c1c(C)oc2nc(C)nc(NCc3cccnc3)c12. The Morgan fingerprint density at radius 2 is 2.17 bits per heavy atom. The van der Waals surface area contributed by atoms with Crippen LogP contribution in [0.3, 0.4) is 0 Å². The lowest BCUT2D eigenvalue weighted by molar-refractivity contribution is 0.0526. The molecule has 0 atom stereocenters. The first-order valence-electron chi connectivity index (χ1n) is 7.67. The Kier molecular flexibility index (Phi) is 4.41. The van der Waals surface area contributed by atoms with Crippen molar-refractivity contribution < 1.29 is 13.9 Å². The molecule has 0 fully saturated rings. The van der Waals surface area contributed by atoms with Crippen LogP contribution < -0.4 is 5.32 Å². The minimum absolute atomic E-state index is 0.288. The number of fused-ring (bicyclic) bond motifs is 1. The number of aromatic nitrogens is 3. The minimum atomic E-state index is -0.439. The van der Waals surface area contributed by atoms with Gasteiger partial charge in [-0.2, -0.15) is 4.98 Å². The number of aryl methyl sites for hydroxylation is 2. The summed E-state index contributed by atoms with van der Waals surface area (Å²) in [6.07, 6.45) is 3.49. The summed E-state index contributed by atoms with van der Waals surface area (Å²) in [5.41, 5.74) is 1.73. The second kappa shape index (κ2) is 6.66. The molecular formula is C17H18N4O3. The summed E-state index contributed by atoms with van der Waals surface area (Å²) >= 11 is 0. The molecule has 0 saturated carbocycles. The van der Waals surface area contributed by atoms with Crippen molar-refractivity contribution in [1.29, 1.82) is 0 Å². The number of esters is 1. The summed E-state index contributed by atoms with van der Waals surface area (Å²) in [5.74, 6) is 1.13. The minimum Gasteiger partial charge on any atom is -0.462 e. The summed E-state index contributed by atoms with van der Waals surface area (Å²) in [4.78, 5) is 25.1. The number of ether oxygens (including phenoxy) is 1. The van der Waals surface area contributed by atoms with Gasteiger partial charge in [-0.15, -0.1) is 0 Å². The fourth-order valence-corrected chi connectivity index (χ4v) is 2.48. The summed E-state index contributed by atoms with van der Waals surface area (Å²) in [5, 5.41) is 3.78. The highest BCUT2D eigenvalue weighted by Gasteiger charge is 2.24. The van der Waals surface area contributed by atoms with Gasteiger partial charge in [0, 0.05) is 18.9 Å². The topological polar surface area (TPSA) is 90.1 Å². The maximum absolute atomic E-state index is 12.3. The Bertz CT molecular complexity index is 874. The van der Waals surface area contributed by atoms with Crippen LogP contribution >= 0.6 is 0 Å². The monoisotopic (exact) mass is 326 g/mol. The number of nitrogens with zero attached hydrogens (tertiary/aromatic N) is 3. The fraction of sp³-hybridized carbons (Fsp3) is 0.294. The Labute approximate surface area is 139 Å². The Morgan fingerprint density at radius 3 is 2.88 bits per heavy atom. The number of nitrogens with one attached hydrogen (secondary N) is 1. The van der Waals surface area contributed by atoms with E-state index in [1.165, 1.54) is 0 Å². The third kappa shape index (κ3) is 3.05. The highest BCUT2D eigenvalue weighted by molar-refractivity contribution is 6.07. The average Bonchev–Trinajstić information content (AvgIpc) is 2.89. The van der Waals surface area contributed by atoms with Crippen molar-refractivity contribution >= 4 is 22.9 Å². The standard InChI is InChI=1S/C17H18N4O3/c1-4-23-17(22)13-10(2)24-16-14(13)15(20-11(3)21-16)19-9-12-6-5-7-18-8-12/h5-8H,4,9H2,1-3H3,(H,19,20,21). The van der Waals surface area contributed by atoms with E-state index in [9.17, 15) is 4.79 Å². The van der Waals surface area contributed by atoms with E-state index in [-0.39, 0.29) is 6.61 Å². The maximum atomic E-state index is 12.3. The molecule has 0 bridgehead atoms. The van der Waals surface area contributed by atoms with Crippen molar-refractivity contribution in [2.45, 2.75) is 27.3 Å². The number of furan rings is 1. The molecule has 3 aromatic rings. The summed E-state index contributed by atoms with van der Waals surface area (Å²) in [6.45, 7) is 6.06. The van der Waals surface area contributed by atoms with Crippen LogP contribution in [0.15, 0.2) is 28.9 Å². The summed E-state index contributed by atoms with van der Waals surface area (Å²) in [6, 6.07) is 3.82. The van der Waals surface area contributed by atoms with E-state index in [1.54, 1.807) is 33.2 Å². The lowest BCUT2D eigenvalue weighted by Crippen LogP contribution is -2.08. The molecule has 0 aromatic carbocycles. The average molecular weight is 326 g/mol. The smallest absolute Gasteiger partial charge is 0.342 e. The molecule has 1 N–H and O–H groups in total. The van der Waals surface area contributed by atoms with Gasteiger partial charge >= 0.3 is 5.97 Å². The molecule has 3 heterocycles. The molecule has 0 spiro atoms. The Balaban J connectivity index is 2.03. The van der Waals surface area contributed by atoms with Gasteiger partial charge in [0.15, 0.2) is 0 Å². The van der Waals surface area contributed by atoms with Gasteiger partial charge in [-0.3, -0.25) is 4.98 Å². The molecule has 24 heavy (non-hydrogen) atoms. The van der Waals surface area contributed by atoms with Crippen molar-refractivity contribution in [1.82, 2.24) is 15.0 Å². The molecule has 0 aliphatic rings. The van der Waals surface area contributed by atoms with Crippen molar-refractivity contribution in [2.75, 3.05) is 11.9 Å². The molecule has 0 aliphatic heterocycles. The van der Waals surface area contributed by atoms with E-state index in [1.807, 2.05) is 12.1 Å². The second-order valence-corrected chi connectivity index (χ2v) is 5.27. The van der Waals surface area contributed by atoms with Crippen LogP contribution in [0, 0.1) is 13.8 Å². The number of carbonyl (C=O) groups excluding carboxylic acids is 1. The maximum Gasteiger partial charge on any atom is 0.342 e. The third-order valence-electron chi connectivity index (χ3n) is 3.50. The molecule has 0 radical (unpaired) electrons. The molecule has 0 aliphatic carbocycles. The highest BCUT2D eigenvalue weighted by atomic mass is 16.5. The van der Waals surface area contributed by atoms with Gasteiger partial charge in [-0.25, -0.2) is 9.78 Å². The Hall–Kier alpha value is -2.96. The molecule has 124 valence electrons. The largest absolute Gasteiger partial charge is 0.462 e. The number of anilines is 1. The zero-order chi connectivity index (χ0) is 17.1. The van der Waals surface area contributed by atoms with Crippen LogP contribution in [0.25, 0.3) is 11.1 Å². The summed E-state index contributed by atoms with van der Waals surface area (Å²) < 4.78 is 10.8. The normalized spacial score (nSPS) is 10.8.